The molecule has 0 aromatic heterocycles. The van der Waals surface area contributed by atoms with Crippen molar-refractivity contribution >= 4 is 24.3 Å². The van der Waals surface area contributed by atoms with Gasteiger partial charge in [-0.05, 0) is 36.5 Å². The van der Waals surface area contributed by atoms with Crippen LogP contribution in [0.3, 0.4) is 0 Å². The molecule has 0 heterocycles. The Bertz CT molecular complexity index is 376. The highest BCUT2D eigenvalue weighted by atomic mass is 32.2. The average molecular weight is 269 g/mol. The van der Waals surface area contributed by atoms with E-state index in [9.17, 15) is 10.0 Å². The number of benzene rings is 1. The van der Waals surface area contributed by atoms with Crippen molar-refractivity contribution in [1.29, 1.82) is 0 Å². The summed E-state index contributed by atoms with van der Waals surface area (Å²) in [6.07, 6.45) is 2.07. The van der Waals surface area contributed by atoms with Crippen molar-refractivity contribution < 1.29 is 14.8 Å². The third-order valence-electron chi connectivity index (χ3n) is 2.75. The number of nitrogens with zero attached hydrogens (tertiary/aromatic N) is 1. The second kappa shape index (κ2) is 7.68. The summed E-state index contributed by atoms with van der Waals surface area (Å²) in [4.78, 5) is 2.15. The number of thioether (sulfide) groups is 1. The molecule has 0 aliphatic carbocycles. The maximum Gasteiger partial charge on any atom is 0.488 e. The van der Waals surface area contributed by atoms with Crippen molar-refractivity contribution in [2.75, 3.05) is 32.7 Å². The van der Waals surface area contributed by atoms with Gasteiger partial charge in [-0.2, -0.15) is 11.8 Å². The van der Waals surface area contributed by atoms with Crippen LogP contribution in [-0.4, -0.2) is 54.8 Å². The van der Waals surface area contributed by atoms with E-state index in [4.69, 9.17) is 4.74 Å². The van der Waals surface area contributed by atoms with Gasteiger partial charge in [-0.1, -0.05) is 6.07 Å². The highest BCUT2D eigenvalue weighted by molar-refractivity contribution is 7.98. The summed E-state index contributed by atoms with van der Waals surface area (Å²) in [6, 6.07) is 5.28. The van der Waals surface area contributed by atoms with E-state index in [0.717, 1.165) is 23.6 Å². The Labute approximate surface area is 113 Å². The molecule has 1 rings (SSSR count). The van der Waals surface area contributed by atoms with Crippen molar-refractivity contribution in [3.05, 3.63) is 23.8 Å². The first-order valence-electron chi connectivity index (χ1n) is 5.79. The Morgan fingerprint density at radius 1 is 1.39 bits per heavy atom. The summed E-state index contributed by atoms with van der Waals surface area (Å²) in [5, 5.41) is 18.7. The Kier molecular flexibility index (Phi) is 6.56. The molecule has 1 aromatic carbocycles. The molecule has 0 aliphatic rings. The third kappa shape index (κ3) is 4.53. The molecule has 0 fully saturated rings. The van der Waals surface area contributed by atoms with Gasteiger partial charge in [0, 0.05) is 18.8 Å². The van der Waals surface area contributed by atoms with Crippen LogP contribution in [0.15, 0.2) is 18.2 Å². The summed E-state index contributed by atoms with van der Waals surface area (Å²) in [6.45, 7) is 1.63. The van der Waals surface area contributed by atoms with Gasteiger partial charge in [0.15, 0.2) is 0 Å². The van der Waals surface area contributed by atoms with E-state index >= 15 is 0 Å². The zero-order valence-corrected chi connectivity index (χ0v) is 11.9. The molecule has 1 aromatic rings. The maximum absolute atomic E-state index is 9.35. The maximum atomic E-state index is 9.35. The lowest BCUT2D eigenvalue weighted by atomic mass is 9.77. The van der Waals surface area contributed by atoms with E-state index in [2.05, 4.69) is 11.2 Å². The number of ether oxygens (including phenoxy) is 1. The molecule has 100 valence electrons. The normalized spacial score (nSPS) is 10.8. The van der Waals surface area contributed by atoms with Gasteiger partial charge in [0.2, 0.25) is 0 Å². The first-order chi connectivity index (χ1) is 8.58. The molecule has 0 atom stereocenters. The Balaban J connectivity index is 2.83. The van der Waals surface area contributed by atoms with Crippen LogP contribution >= 0.6 is 11.8 Å². The van der Waals surface area contributed by atoms with E-state index in [1.165, 1.54) is 0 Å². The zero-order valence-electron chi connectivity index (χ0n) is 11.1. The van der Waals surface area contributed by atoms with E-state index in [1.807, 2.05) is 13.1 Å². The number of methoxy groups -OCH3 is 1. The Hall–Kier alpha value is -0.685. The molecule has 0 saturated heterocycles. The Morgan fingerprint density at radius 2 is 2.11 bits per heavy atom. The monoisotopic (exact) mass is 269 g/mol. The van der Waals surface area contributed by atoms with Crippen LogP contribution in [0.25, 0.3) is 0 Å². The lowest BCUT2D eigenvalue weighted by molar-refractivity contribution is 0.347. The summed E-state index contributed by atoms with van der Waals surface area (Å²) < 4.78 is 5.17. The van der Waals surface area contributed by atoms with Gasteiger partial charge < -0.3 is 19.7 Å². The molecule has 0 aliphatic heterocycles. The number of hydrogen-bond donors (Lipinski definition) is 2. The summed E-state index contributed by atoms with van der Waals surface area (Å²) >= 11 is 1.79. The van der Waals surface area contributed by atoms with Crippen LogP contribution in [0.1, 0.15) is 5.56 Å². The molecule has 0 amide bonds. The molecule has 0 radical (unpaired) electrons. The summed E-state index contributed by atoms with van der Waals surface area (Å²) in [5.41, 5.74) is 1.42. The van der Waals surface area contributed by atoms with E-state index in [0.29, 0.717) is 12.0 Å². The summed E-state index contributed by atoms with van der Waals surface area (Å²) in [7, 11) is 2.18. The van der Waals surface area contributed by atoms with E-state index < -0.39 is 7.12 Å². The zero-order chi connectivity index (χ0) is 13.5. The first-order valence-corrected chi connectivity index (χ1v) is 7.18. The fraction of sp³-hybridized carbons (Fsp3) is 0.500. The molecule has 18 heavy (non-hydrogen) atoms. The lowest BCUT2D eigenvalue weighted by Crippen LogP contribution is -2.35. The highest BCUT2D eigenvalue weighted by Crippen LogP contribution is 2.13. The van der Waals surface area contributed by atoms with Crippen molar-refractivity contribution in [3.8, 4) is 5.75 Å². The predicted molar refractivity (Wildman–Crippen MR) is 77.5 cm³/mol. The summed E-state index contributed by atoms with van der Waals surface area (Å²) in [5.74, 6) is 1.78. The molecule has 0 saturated carbocycles. The molecule has 0 spiro atoms. The molecular formula is C12H20BNO3S. The van der Waals surface area contributed by atoms with Crippen LogP contribution in [-0.2, 0) is 6.54 Å². The van der Waals surface area contributed by atoms with Crippen LogP contribution in [0.4, 0.5) is 0 Å². The molecule has 2 N–H and O–H groups in total. The van der Waals surface area contributed by atoms with Crippen molar-refractivity contribution in [1.82, 2.24) is 4.90 Å². The molecule has 4 nitrogen and oxygen atoms in total. The second-order valence-electron chi connectivity index (χ2n) is 4.17. The third-order valence-corrected chi connectivity index (χ3v) is 3.34. The standard InChI is InChI=1S/C12H20BNO3S/c1-14(6-7-18-3)9-10-8-11(17-2)4-5-12(10)13(15)16/h4-5,8,15-16H,6-7,9H2,1-3H3. The Morgan fingerprint density at radius 3 is 2.67 bits per heavy atom. The topological polar surface area (TPSA) is 52.9 Å². The fourth-order valence-electron chi connectivity index (χ4n) is 1.71. The van der Waals surface area contributed by atoms with Gasteiger partial charge >= 0.3 is 7.12 Å². The van der Waals surface area contributed by atoms with Crippen molar-refractivity contribution in [3.63, 3.8) is 0 Å². The van der Waals surface area contributed by atoms with Crippen LogP contribution in [0, 0.1) is 0 Å². The average Bonchev–Trinajstić information content (AvgIpc) is 2.35. The molecule has 0 unspecified atom stereocenters. The molecular weight excluding hydrogens is 249 g/mol. The molecule has 6 heteroatoms. The van der Waals surface area contributed by atoms with E-state index in [-0.39, 0.29) is 0 Å². The largest absolute Gasteiger partial charge is 0.497 e. The number of hydrogen-bond acceptors (Lipinski definition) is 5. The first kappa shape index (κ1) is 15.4. The smallest absolute Gasteiger partial charge is 0.488 e. The fourth-order valence-corrected chi connectivity index (χ4v) is 2.21. The van der Waals surface area contributed by atoms with Crippen molar-refractivity contribution in [2.24, 2.45) is 0 Å². The van der Waals surface area contributed by atoms with E-state index in [1.54, 1.807) is 31.0 Å². The van der Waals surface area contributed by atoms with Crippen molar-refractivity contribution in [2.45, 2.75) is 6.54 Å². The minimum Gasteiger partial charge on any atom is -0.497 e. The second-order valence-corrected chi connectivity index (χ2v) is 5.15. The number of rotatable bonds is 7. The predicted octanol–water partition coefficient (Wildman–Crippen LogP) is 0.170. The van der Waals surface area contributed by atoms with Gasteiger partial charge in [-0.15, -0.1) is 0 Å². The minimum atomic E-state index is -1.44. The van der Waals surface area contributed by atoms with Crippen LogP contribution in [0.5, 0.6) is 5.75 Å². The van der Waals surface area contributed by atoms with Crippen LogP contribution in [0.2, 0.25) is 0 Å². The van der Waals surface area contributed by atoms with Gasteiger partial charge in [-0.3, -0.25) is 0 Å². The SMILES string of the molecule is COc1ccc(B(O)O)c(CN(C)CCSC)c1. The van der Waals surface area contributed by atoms with Gasteiger partial charge in [0.05, 0.1) is 7.11 Å². The molecule has 0 bridgehead atoms. The highest BCUT2D eigenvalue weighted by Gasteiger charge is 2.17. The van der Waals surface area contributed by atoms with Crippen LogP contribution < -0.4 is 10.2 Å². The van der Waals surface area contributed by atoms with Gasteiger partial charge in [0.25, 0.3) is 0 Å². The quantitative estimate of drug-likeness (QED) is 0.691. The van der Waals surface area contributed by atoms with Gasteiger partial charge in [-0.25, -0.2) is 0 Å². The minimum absolute atomic E-state index is 0.534. The van der Waals surface area contributed by atoms with Gasteiger partial charge in [0.1, 0.15) is 5.75 Å². The lowest BCUT2D eigenvalue weighted by Gasteiger charge is -2.19.